The van der Waals surface area contributed by atoms with Crippen molar-refractivity contribution in [1.29, 1.82) is 0 Å². The van der Waals surface area contributed by atoms with Crippen LogP contribution in [0.4, 0.5) is 16.5 Å². The van der Waals surface area contributed by atoms with E-state index in [2.05, 4.69) is 43.2 Å². The number of nitrogens with two attached hydrogens (primary N) is 1. The maximum Gasteiger partial charge on any atom is 0.188 e. The van der Waals surface area contributed by atoms with Crippen molar-refractivity contribution in [3.63, 3.8) is 0 Å². The minimum Gasteiger partial charge on any atom is -0.398 e. The third-order valence-electron chi connectivity index (χ3n) is 4.67. The minimum absolute atomic E-state index is 0.837. The quantitative estimate of drug-likeness (QED) is 0.536. The molecule has 4 nitrogen and oxygen atoms in total. The van der Waals surface area contributed by atoms with Crippen LogP contribution in [0.1, 0.15) is 54.8 Å². The standard InChI is InChI=1S/C21H28N4S/c1-6-8-15-11-17(22)20-19(16(15)9-7-2)25-21(26-20)24-18-12(3)10-13(4)23-14(18)5/h10-11H,6-9,22H2,1-5H3,(H,24,25). The molecule has 2 aromatic heterocycles. The van der Waals surface area contributed by atoms with Gasteiger partial charge in [-0.05, 0) is 62.4 Å². The lowest BCUT2D eigenvalue weighted by Crippen LogP contribution is -2.00. The molecule has 0 unspecified atom stereocenters. The van der Waals surface area contributed by atoms with E-state index < -0.39 is 0 Å². The van der Waals surface area contributed by atoms with Gasteiger partial charge in [0.05, 0.1) is 27.3 Å². The molecule has 2 heterocycles. The predicted molar refractivity (Wildman–Crippen MR) is 114 cm³/mol. The summed E-state index contributed by atoms with van der Waals surface area (Å²) in [4.78, 5) is 9.51. The lowest BCUT2D eigenvalue weighted by atomic mass is 9.97. The smallest absolute Gasteiger partial charge is 0.188 e. The summed E-state index contributed by atoms with van der Waals surface area (Å²) in [5, 5.41) is 4.38. The second-order valence-corrected chi connectivity index (χ2v) is 7.97. The number of pyridine rings is 1. The van der Waals surface area contributed by atoms with Crippen molar-refractivity contribution in [2.75, 3.05) is 11.1 Å². The van der Waals surface area contributed by atoms with Crippen LogP contribution in [0.5, 0.6) is 0 Å². The molecular weight excluding hydrogens is 340 g/mol. The molecule has 3 rings (SSSR count). The number of hydrogen-bond donors (Lipinski definition) is 2. The number of nitrogen functional groups attached to an aromatic ring is 1. The average Bonchev–Trinajstić information content (AvgIpc) is 2.99. The zero-order valence-electron chi connectivity index (χ0n) is 16.4. The number of benzene rings is 1. The molecule has 0 aliphatic rings. The summed E-state index contributed by atoms with van der Waals surface area (Å²) in [6.07, 6.45) is 4.32. The van der Waals surface area contributed by atoms with Gasteiger partial charge in [-0.1, -0.05) is 38.0 Å². The number of aromatic nitrogens is 2. The Kier molecular flexibility index (Phi) is 5.47. The summed E-state index contributed by atoms with van der Waals surface area (Å²) in [6, 6.07) is 4.25. The number of rotatable bonds is 6. The van der Waals surface area contributed by atoms with E-state index in [1.807, 2.05) is 13.8 Å². The Morgan fingerprint density at radius 2 is 1.77 bits per heavy atom. The maximum absolute atomic E-state index is 6.37. The zero-order valence-corrected chi connectivity index (χ0v) is 17.2. The number of fused-ring (bicyclic) bond motifs is 1. The van der Waals surface area contributed by atoms with E-state index in [-0.39, 0.29) is 0 Å². The highest BCUT2D eigenvalue weighted by molar-refractivity contribution is 7.22. The Labute approximate surface area is 159 Å². The summed E-state index contributed by atoms with van der Waals surface area (Å²) in [5.41, 5.74) is 15.2. The molecule has 0 spiro atoms. The Morgan fingerprint density at radius 1 is 1.04 bits per heavy atom. The number of nitrogens with one attached hydrogen (secondary N) is 1. The highest BCUT2D eigenvalue weighted by Gasteiger charge is 2.16. The van der Waals surface area contributed by atoms with Gasteiger partial charge < -0.3 is 11.1 Å². The number of hydrogen-bond acceptors (Lipinski definition) is 5. The first-order valence-electron chi connectivity index (χ1n) is 9.37. The van der Waals surface area contributed by atoms with E-state index in [9.17, 15) is 0 Å². The van der Waals surface area contributed by atoms with Gasteiger partial charge in [-0.2, -0.15) is 0 Å². The van der Waals surface area contributed by atoms with Crippen LogP contribution in [0.25, 0.3) is 10.2 Å². The van der Waals surface area contributed by atoms with E-state index >= 15 is 0 Å². The van der Waals surface area contributed by atoms with Crippen molar-refractivity contribution < 1.29 is 0 Å². The molecule has 0 aliphatic carbocycles. The number of aryl methyl sites for hydroxylation is 5. The van der Waals surface area contributed by atoms with Crippen LogP contribution in [-0.2, 0) is 12.8 Å². The van der Waals surface area contributed by atoms with E-state index in [0.717, 1.165) is 63.8 Å². The minimum atomic E-state index is 0.837. The Hall–Kier alpha value is -2.14. The zero-order chi connectivity index (χ0) is 18.8. The van der Waals surface area contributed by atoms with E-state index in [4.69, 9.17) is 10.7 Å². The molecule has 138 valence electrons. The maximum atomic E-state index is 6.37. The molecule has 3 N–H and O–H groups in total. The lowest BCUT2D eigenvalue weighted by molar-refractivity contribution is 0.867. The summed E-state index contributed by atoms with van der Waals surface area (Å²) in [5.74, 6) is 0. The average molecular weight is 369 g/mol. The van der Waals surface area contributed by atoms with Crippen LogP contribution < -0.4 is 11.1 Å². The first-order chi connectivity index (χ1) is 12.4. The third-order valence-corrected chi connectivity index (χ3v) is 5.69. The predicted octanol–water partition coefficient (Wildman–Crippen LogP) is 5.85. The molecule has 5 heteroatoms. The van der Waals surface area contributed by atoms with Crippen LogP contribution in [-0.4, -0.2) is 9.97 Å². The van der Waals surface area contributed by atoms with Crippen LogP contribution in [0, 0.1) is 20.8 Å². The summed E-state index contributed by atoms with van der Waals surface area (Å²) >= 11 is 1.63. The van der Waals surface area contributed by atoms with Crippen molar-refractivity contribution in [3.05, 3.63) is 40.2 Å². The van der Waals surface area contributed by atoms with Crippen LogP contribution in [0.15, 0.2) is 12.1 Å². The molecule has 0 radical (unpaired) electrons. The summed E-state index contributed by atoms with van der Waals surface area (Å²) in [7, 11) is 0. The van der Waals surface area contributed by atoms with Crippen molar-refractivity contribution in [3.8, 4) is 0 Å². The summed E-state index contributed by atoms with van der Waals surface area (Å²) in [6.45, 7) is 10.6. The highest BCUT2D eigenvalue weighted by atomic mass is 32.1. The van der Waals surface area contributed by atoms with Gasteiger partial charge >= 0.3 is 0 Å². The molecule has 1 aromatic carbocycles. The lowest BCUT2D eigenvalue weighted by Gasteiger charge is -2.11. The van der Waals surface area contributed by atoms with Crippen LogP contribution >= 0.6 is 11.3 Å². The molecule has 0 aliphatic heterocycles. The molecule has 0 atom stereocenters. The number of nitrogens with zero attached hydrogens (tertiary/aromatic N) is 2. The van der Waals surface area contributed by atoms with Gasteiger partial charge in [-0.25, -0.2) is 4.98 Å². The van der Waals surface area contributed by atoms with E-state index in [1.165, 1.54) is 16.7 Å². The first-order valence-corrected chi connectivity index (χ1v) is 10.2. The van der Waals surface area contributed by atoms with E-state index in [0.29, 0.717) is 0 Å². The van der Waals surface area contributed by atoms with Gasteiger partial charge in [0.15, 0.2) is 5.13 Å². The van der Waals surface area contributed by atoms with Gasteiger partial charge in [0.1, 0.15) is 0 Å². The van der Waals surface area contributed by atoms with Gasteiger partial charge in [0, 0.05) is 5.69 Å². The number of anilines is 3. The van der Waals surface area contributed by atoms with Crippen molar-refractivity contribution >= 4 is 38.1 Å². The molecule has 26 heavy (non-hydrogen) atoms. The third kappa shape index (κ3) is 3.54. The summed E-state index contributed by atoms with van der Waals surface area (Å²) < 4.78 is 1.09. The number of thiazole rings is 1. The molecule has 0 amide bonds. The SMILES string of the molecule is CCCc1cc(N)c2sc(Nc3c(C)cc(C)nc3C)nc2c1CCC. The van der Waals surface area contributed by atoms with Gasteiger partial charge in [-0.3, -0.25) is 4.98 Å². The molecule has 0 fully saturated rings. The van der Waals surface area contributed by atoms with Gasteiger partial charge in [0.25, 0.3) is 0 Å². The first kappa shape index (κ1) is 18.6. The topological polar surface area (TPSA) is 63.8 Å². The fourth-order valence-corrected chi connectivity index (χ4v) is 4.53. The second-order valence-electron chi connectivity index (χ2n) is 6.97. The fraction of sp³-hybridized carbons (Fsp3) is 0.429. The Morgan fingerprint density at radius 3 is 2.42 bits per heavy atom. The van der Waals surface area contributed by atoms with Crippen molar-refractivity contribution in [2.24, 2.45) is 0 Å². The van der Waals surface area contributed by atoms with Crippen molar-refractivity contribution in [2.45, 2.75) is 60.3 Å². The Balaban J connectivity index is 2.09. The van der Waals surface area contributed by atoms with Crippen LogP contribution in [0.3, 0.4) is 0 Å². The molecular formula is C21H28N4S. The normalized spacial score (nSPS) is 11.3. The molecule has 3 aromatic rings. The molecule has 0 saturated heterocycles. The molecule has 0 bridgehead atoms. The monoisotopic (exact) mass is 368 g/mol. The Bertz CT molecular complexity index is 920. The molecule has 0 saturated carbocycles. The largest absolute Gasteiger partial charge is 0.398 e. The fourth-order valence-electron chi connectivity index (χ4n) is 3.61. The van der Waals surface area contributed by atoms with Gasteiger partial charge in [-0.15, -0.1) is 0 Å². The van der Waals surface area contributed by atoms with Gasteiger partial charge in [0.2, 0.25) is 0 Å². The van der Waals surface area contributed by atoms with E-state index in [1.54, 1.807) is 11.3 Å². The highest BCUT2D eigenvalue weighted by Crippen LogP contribution is 2.37. The van der Waals surface area contributed by atoms with Crippen LogP contribution in [0.2, 0.25) is 0 Å². The van der Waals surface area contributed by atoms with Crippen molar-refractivity contribution in [1.82, 2.24) is 9.97 Å². The second kappa shape index (κ2) is 7.62.